The zero-order valence-electron chi connectivity index (χ0n) is 7.89. The molecule has 3 heteroatoms. The number of rotatable bonds is 1. The average molecular weight is 258 g/mol. The number of nitrogens with one attached hydrogen (secondary N) is 1. The molecule has 0 saturated carbocycles. The van der Waals surface area contributed by atoms with Crippen LogP contribution in [-0.2, 0) is 0 Å². The van der Waals surface area contributed by atoms with Crippen LogP contribution in [0.1, 0.15) is 24.3 Å². The Morgan fingerprint density at radius 2 is 2.00 bits per heavy atom. The van der Waals surface area contributed by atoms with Crippen LogP contribution in [0, 0.1) is 5.82 Å². The van der Waals surface area contributed by atoms with Gasteiger partial charge in [-0.2, -0.15) is 0 Å². The Morgan fingerprint density at radius 1 is 1.29 bits per heavy atom. The Bertz CT molecular complexity index is 321. The smallest absolute Gasteiger partial charge is 0.137 e. The number of hydrogen-bond donors (Lipinski definition) is 1. The molecule has 1 aliphatic heterocycles. The van der Waals surface area contributed by atoms with Crippen LogP contribution in [0.2, 0.25) is 0 Å². The third-order valence-corrected chi connectivity index (χ3v) is 3.60. The van der Waals surface area contributed by atoms with E-state index in [2.05, 4.69) is 21.2 Å². The molecule has 0 bridgehead atoms. The predicted molar refractivity (Wildman–Crippen MR) is 58.9 cm³/mol. The van der Waals surface area contributed by atoms with Crippen molar-refractivity contribution < 1.29 is 4.39 Å². The van der Waals surface area contributed by atoms with E-state index >= 15 is 0 Å². The maximum absolute atomic E-state index is 13.3. The van der Waals surface area contributed by atoms with Crippen molar-refractivity contribution in [2.45, 2.75) is 18.8 Å². The van der Waals surface area contributed by atoms with Crippen LogP contribution in [0.15, 0.2) is 22.7 Å². The molecule has 2 rings (SSSR count). The summed E-state index contributed by atoms with van der Waals surface area (Å²) in [6.45, 7) is 2.07. The Balaban J connectivity index is 2.26. The molecule has 0 aliphatic carbocycles. The Labute approximate surface area is 91.8 Å². The summed E-state index contributed by atoms with van der Waals surface area (Å²) in [5.74, 6) is 0.349. The van der Waals surface area contributed by atoms with Gasteiger partial charge in [0, 0.05) is 0 Å². The van der Waals surface area contributed by atoms with Gasteiger partial charge in [0.1, 0.15) is 5.82 Å². The van der Waals surface area contributed by atoms with Gasteiger partial charge in [0.05, 0.1) is 4.47 Å². The van der Waals surface area contributed by atoms with E-state index in [0.29, 0.717) is 10.4 Å². The van der Waals surface area contributed by atoms with E-state index in [-0.39, 0.29) is 5.82 Å². The fraction of sp³-hybridized carbons (Fsp3) is 0.455. The summed E-state index contributed by atoms with van der Waals surface area (Å²) in [7, 11) is 0. The zero-order chi connectivity index (χ0) is 9.97. The highest BCUT2D eigenvalue weighted by atomic mass is 79.9. The van der Waals surface area contributed by atoms with Crippen molar-refractivity contribution in [3.05, 3.63) is 34.1 Å². The highest BCUT2D eigenvalue weighted by Gasteiger charge is 2.18. The summed E-state index contributed by atoms with van der Waals surface area (Å²) in [5.41, 5.74) is 1.12. The van der Waals surface area contributed by atoms with Gasteiger partial charge in [-0.15, -0.1) is 0 Å². The molecule has 1 fully saturated rings. The summed E-state index contributed by atoms with van der Waals surface area (Å²) in [4.78, 5) is 0. The minimum atomic E-state index is -0.152. The van der Waals surface area contributed by atoms with Gasteiger partial charge in [0.2, 0.25) is 0 Å². The van der Waals surface area contributed by atoms with E-state index in [9.17, 15) is 4.39 Å². The van der Waals surface area contributed by atoms with Crippen molar-refractivity contribution >= 4 is 15.9 Å². The summed E-state index contributed by atoms with van der Waals surface area (Å²) in [5, 5.41) is 3.31. The van der Waals surface area contributed by atoms with Crippen molar-refractivity contribution in [3.63, 3.8) is 0 Å². The molecule has 0 unspecified atom stereocenters. The lowest BCUT2D eigenvalue weighted by molar-refractivity contribution is 0.457. The predicted octanol–water partition coefficient (Wildman–Crippen LogP) is 3.06. The molecule has 0 amide bonds. The van der Waals surface area contributed by atoms with Crippen molar-refractivity contribution in [1.29, 1.82) is 0 Å². The van der Waals surface area contributed by atoms with E-state index in [1.165, 1.54) is 6.07 Å². The fourth-order valence-electron chi connectivity index (χ4n) is 1.97. The lowest BCUT2D eigenvalue weighted by Crippen LogP contribution is -2.26. The Hall–Kier alpha value is -0.410. The van der Waals surface area contributed by atoms with Crippen LogP contribution in [-0.4, -0.2) is 13.1 Å². The molecule has 0 spiro atoms. The van der Waals surface area contributed by atoms with Crippen molar-refractivity contribution in [1.82, 2.24) is 5.32 Å². The highest BCUT2D eigenvalue weighted by molar-refractivity contribution is 9.10. The van der Waals surface area contributed by atoms with Gasteiger partial charge in [-0.05, 0) is 59.4 Å². The maximum atomic E-state index is 13.3. The number of hydrogen-bond acceptors (Lipinski definition) is 1. The molecule has 1 N–H and O–H groups in total. The number of benzene rings is 1. The fourth-order valence-corrected chi connectivity index (χ4v) is 2.56. The van der Waals surface area contributed by atoms with Crippen LogP contribution >= 0.6 is 15.9 Å². The summed E-state index contributed by atoms with van der Waals surface area (Å²) < 4.78 is 13.9. The monoisotopic (exact) mass is 257 g/mol. The van der Waals surface area contributed by atoms with Gasteiger partial charge in [-0.25, -0.2) is 4.39 Å². The van der Waals surface area contributed by atoms with E-state index in [1.54, 1.807) is 6.07 Å². The second-order valence-corrected chi connectivity index (χ2v) is 4.46. The summed E-state index contributed by atoms with van der Waals surface area (Å²) >= 11 is 3.32. The minimum absolute atomic E-state index is 0.152. The lowest BCUT2D eigenvalue weighted by atomic mass is 9.90. The van der Waals surface area contributed by atoms with Gasteiger partial charge >= 0.3 is 0 Å². The van der Waals surface area contributed by atoms with Crippen LogP contribution in [0.4, 0.5) is 4.39 Å². The molecule has 0 radical (unpaired) electrons. The van der Waals surface area contributed by atoms with Gasteiger partial charge < -0.3 is 5.32 Å². The first-order valence-electron chi connectivity index (χ1n) is 4.93. The van der Waals surface area contributed by atoms with Crippen LogP contribution in [0.3, 0.4) is 0 Å². The third kappa shape index (κ3) is 1.98. The molecule has 1 saturated heterocycles. The maximum Gasteiger partial charge on any atom is 0.137 e. The molecular formula is C11H13BrFN. The molecule has 76 valence electrons. The number of halogens is 2. The standard InChI is InChI=1S/C11H13BrFN/c12-11-9(2-1-3-10(11)13)8-4-6-14-7-5-8/h1-3,8,14H,4-7H2. The molecule has 1 aromatic carbocycles. The summed E-state index contributed by atoms with van der Waals surface area (Å²) in [6, 6.07) is 5.30. The summed E-state index contributed by atoms with van der Waals surface area (Å²) in [6.07, 6.45) is 2.20. The second kappa shape index (κ2) is 4.41. The molecule has 14 heavy (non-hydrogen) atoms. The zero-order valence-corrected chi connectivity index (χ0v) is 9.48. The SMILES string of the molecule is Fc1cccc(C2CCNCC2)c1Br. The van der Waals surface area contributed by atoms with Gasteiger partial charge in [0.15, 0.2) is 0 Å². The minimum Gasteiger partial charge on any atom is -0.317 e. The first-order chi connectivity index (χ1) is 6.79. The van der Waals surface area contributed by atoms with Crippen LogP contribution in [0.25, 0.3) is 0 Å². The van der Waals surface area contributed by atoms with Gasteiger partial charge in [0.25, 0.3) is 0 Å². The first-order valence-corrected chi connectivity index (χ1v) is 5.73. The molecular weight excluding hydrogens is 245 g/mol. The highest BCUT2D eigenvalue weighted by Crippen LogP contribution is 2.32. The van der Waals surface area contributed by atoms with Crippen molar-refractivity contribution in [2.75, 3.05) is 13.1 Å². The second-order valence-electron chi connectivity index (χ2n) is 3.67. The van der Waals surface area contributed by atoms with E-state index in [0.717, 1.165) is 31.5 Å². The van der Waals surface area contributed by atoms with E-state index in [4.69, 9.17) is 0 Å². The molecule has 0 atom stereocenters. The molecule has 1 aromatic rings. The largest absolute Gasteiger partial charge is 0.317 e. The van der Waals surface area contributed by atoms with Crippen LogP contribution in [0.5, 0.6) is 0 Å². The first kappa shape index (κ1) is 10.1. The normalized spacial score (nSPS) is 18.4. The molecule has 1 nitrogen and oxygen atoms in total. The quantitative estimate of drug-likeness (QED) is 0.816. The van der Waals surface area contributed by atoms with Gasteiger partial charge in [-0.3, -0.25) is 0 Å². The average Bonchev–Trinajstić information content (AvgIpc) is 2.23. The van der Waals surface area contributed by atoms with Crippen molar-refractivity contribution in [3.8, 4) is 0 Å². The number of piperidine rings is 1. The topological polar surface area (TPSA) is 12.0 Å². The van der Waals surface area contributed by atoms with Gasteiger partial charge in [-0.1, -0.05) is 12.1 Å². The van der Waals surface area contributed by atoms with E-state index in [1.807, 2.05) is 6.07 Å². The molecule has 0 aromatic heterocycles. The van der Waals surface area contributed by atoms with E-state index < -0.39 is 0 Å². The Kier molecular flexibility index (Phi) is 3.19. The molecule has 1 heterocycles. The third-order valence-electron chi connectivity index (χ3n) is 2.76. The Morgan fingerprint density at radius 3 is 2.71 bits per heavy atom. The van der Waals surface area contributed by atoms with Crippen molar-refractivity contribution in [2.24, 2.45) is 0 Å². The van der Waals surface area contributed by atoms with Crippen LogP contribution < -0.4 is 5.32 Å². The lowest BCUT2D eigenvalue weighted by Gasteiger charge is -2.23. The molecule has 1 aliphatic rings.